The molecule has 1 aliphatic rings. The molecule has 58 valence electrons. The van der Waals surface area contributed by atoms with Crippen LogP contribution in [0.1, 0.15) is 33.1 Å². The fourth-order valence-electron chi connectivity index (χ4n) is 1.72. The van der Waals surface area contributed by atoms with E-state index in [0.29, 0.717) is 5.92 Å². The van der Waals surface area contributed by atoms with Crippen LogP contribution in [0.5, 0.6) is 0 Å². The summed E-state index contributed by atoms with van der Waals surface area (Å²) in [6, 6.07) is 0. The molecule has 0 amide bonds. The van der Waals surface area contributed by atoms with Gasteiger partial charge in [0.15, 0.2) is 0 Å². The topological polar surface area (TPSA) is 17.1 Å². The number of carbonyl (C=O) groups excluding carboxylic acids is 1. The van der Waals surface area contributed by atoms with Gasteiger partial charge in [-0.1, -0.05) is 26.7 Å². The molecule has 1 rings (SSSR count). The van der Waals surface area contributed by atoms with Crippen LogP contribution in [0.15, 0.2) is 0 Å². The molecule has 0 N–H and O–H groups in total. The first kappa shape index (κ1) is 7.77. The van der Waals surface area contributed by atoms with Crippen molar-refractivity contribution in [1.82, 2.24) is 0 Å². The zero-order valence-corrected chi connectivity index (χ0v) is 6.84. The second-order valence-electron chi connectivity index (χ2n) is 3.47. The Morgan fingerprint density at radius 1 is 1.70 bits per heavy atom. The fourth-order valence-corrected chi connectivity index (χ4v) is 1.72. The molecule has 1 aliphatic carbocycles. The minimum atomic E-state index is 0.418. The molecule has 0 radical (unpaired) electrons. The molecule has 0 heterocycles. The highest BCUT2D eigenvalue weighted by atomic mass is 16.1. The average molecular weight is 140 g/mol. The monoisotopic (exact) mass is 140 g/mol. The van der Waals surface area contributed by atoms with Gasteiger partial charge in [0.25, 0.3) is 0 Å². The first-order chi connectivity index (χ1) is 4.79. The maximum absolute atomic E-state index is 10.3. The largest absolute Gasteiger partial charge is 0.303 e. The summed E-state index contributed by atoms with van der Waals surface area (Å²) in [7, 11) is 0. The van der Waals surface area contributed by atoms with Crippen molar-refractivity contribution in [3.05, 3.63) is 0 Å². The van der Waals surface area contributed by atoms with Gasteiger partial charge < -0.3 is 4.79 Å². The smallest absolute Gasteiger partial charge is 0.123 e. The third-order valence-electron chi connectivity index (χ3n) is 2.54. The molecule has 0 aromatic heterocycles. The van der Waals surface area contributed by atoms with Gasteiger partial charge in [-0.3, -0.25) is 0 Å². The van der Waals surface area contributed by atoms with Gasteiger partial charge >= 0.3 is 0 Å². The molecule has 1 fully saturated rings. The summed E-state index contributed by atoms with van der Waals surface area (Å²) in [5.74, 6) is 1.93. The second-order valence-corrected chi connectivity index (χ2v) is 3.47. The van der Waals surface area contributed by atoms with E-state index < -0.39 is 0 Å². The number of carbonyl (C=O) groups is 1. The molecule has 1 saturated carbocycles. The van der Waals surface area contributed by atoms with E-state index in [0.717, 1.165) is 24.5 Å². The highest BCUT2D eigenvalue weighted by molar-refractivity contribution is 5.58. The molecule has 1 nitrogen and oxygen atoms in total. The number of hydrogen-bond donors (Lipinski definition) is 0. The van der Waals surface area contributed by atoms with Crippen molar-refractivity contribution in [3.8, 4) is 0 Å². The van der Waals surface area contributed by atoms with E-state index >= 15 is 0 Å². The Balaban J connectivity index is 2.18. The molecule has 0 spiro atoms. The third kappa shape index (κ3) is 1.59. The lowest BCUT2D eigenvalue weighted by molar-refractivity contribution is -0.109. The maximum Gasteiger partial charge on any atom is 0.123 e. The molecule has 10 heavy (non-hydrogen) atoms. The molecule has 0 aromatic rings. The molecule has 0 aromatic carbocycles. The van der Waals surface area contributed by atoms with Crippen LogP contribution in [-0.2, 0) is 4.79 Å². The second kappa shape index (κ2) is 3.18. The Bertz CT molecular complexity index is 120. The fraction of sp³-hybridized carbons (Fsp3) is 0.889. The predicted molar refractivity (Wildman–Crippen MR) is 41.7 cm³/mol. The lowest BCUT2D eigenvalue weighted by Gasteiger charge is -2.06. The Morgan fingerprint density at radius 3 is 2.80 bits per heavy atom. The minimum Gasteiger partial charge on any atom is -0.303 e. The van der Waals surface area contributed by atoms with Crippen LogP contribution in [-0.4, -0.2) is 6.29 Å². The normalized spacial score (nSPS) is 33.4. The van der Waals surface area contributed by atoms with Crippen LogP contribution >= 0.6 is 0 Å². The summed E-state index contributed by atoms with van der Waals surface area (Å²) in [4.78, 5) is 10.3. The number of aldehydes is 1. The van der Waals surface area contributed by atoms with Crippen molar-refractivity contribution in [1.29, 1.82) is 0 Å². The van der Waals surface area contributed by atoms with Crippen molar-refractivity contribution < 1.29 is 4.79 Å². The average Bonchev–Trinajstić information content (AvgIpc) is 2.66. The Labute approximate surface area is 62.8 Å². The molecular weight excluding hydrogens is 124 g/mol. The van der Waals surface area contributed by atoms with Gasteiger partial charge in [0.2, 0.25) is 0 Å². The summed E-state index contributed by atoms with van der Waals surface area (Å²) < 4.78 is 0. The zero-order valence-electron chi connectivity index (χ0n) is 6.84. The van der Waals surface area contributed by atoms with Crippen LogP contribution in [0.4, 0.5) is 0 Å². The van der Waals surface area contributed by atoms with Gasteiger partial charge in [0, 0.05) is 5.92 Å². The third-order valence-corrected chi connectivity index (χ3v) is 2.54. The van der Waals surface area contributed by atoms with Crippen LogP contribution in [0.3, 0.4) is 0 Å². The zero-order chi connectivity index (χ0) is 7.56. The van der Waals surface area contributed by atoms with Gasteiger partial charge in [-0.15, -0.1) is 0 Å². The van der Waals surface area contributed by atoms with Gasteiger partial charge in [-0.2, -0.15) is 0 Å². The van der Waals surface area contributed by atoms with E-state index in [1.165, 1.54) is 12.8 Å². The van der Waals surface area contributed by atoms with Gasteiger partial charge in [0.05, 0.1) is 0 Å². The SMILES string of the molecule is CCC[C@H](C)[C@H]1C[C@@H]1C=O. The molecule has 1 heteroatoms. The summed E-state index contributed by atoms with van der Waals surface area (Å²) in [6.45, 7) is 4.46. The summed E-state index contributed by atoms with van der Waals surface area (Å²) in [5, 5.41) is 0. The first-order valence-corrected chi connectivity index (χ1v) is 4.24. The van der Waals surface area contributed by atoms with E-state index in [-0.39, 0.29) is 0 Å². The van der Waals surface area contributed by atoms with Crippen molar-refractivity contribution in [2.75, 3.05) is 0 Å². The lowest BCUT2D eigenvalue weighted by Crippen LogP contribution is -1.98. The molecule has 3 atom stereocenters. The summed E-state index contributed by atoms with van der Waals surface area (Å²) in [5.41, 5.74) is 0. The van der Waals surface area contributed by atoms with Crippen molar-refractivity contribution in [3.63, 3.8) is 0 Å². The van der Waals surface area contributed by atoms with Crippen LogP contribution in [0.25, 0.3) is 0 Å². The minimum absolute atomic E-state index is 0.418. The maximum atomic E-state index is 10.3. The molecule has 0 saturated heterocycles. The molecule has 0 bridgehead atoms. The van der Waals surface area contributed by atoms with Crippen molar-refractivity contribution in [2.45, 2.75) is 33.1 Å². The van der Waals surface area contributed by atoms with E-state index in [1.54, 1.807) is 0 Å². The Kier molecular flexibility index (Phi) is 2.47. The first-order valence-electron chi connectivity index (χ1n) is 4.24. The summed E-state index contributed by atoms with van der Waals surface area (Å²) >= 11 is 0. The van der Waals surface area contributed by atoms with E-state index in [9.17, 15) is 4.79 Å². The van der Waals surface area contributed by atoms with Crippen molar-refractivity contribution in [2.24, 2.45) is 17.8 Å². The van der Waals surface area contributed by atoms with Crippen LogP contribution in [0, 0.1) is 17.8 Å². The Morgan fingerprint density at radius 2 is 2.40 bits per heavy atom. The van der Waals surface area contributed by atoms with Crippen molar-refractivity contribution >= 4 is 6.29 Å². The molecule has 0 aliphatic heterocycles. The predicted octanol–water partition coefficient (Wildman–Crippen LogP) is 2.26. The van der Waals surface area contributed by atoms with Gasteiger partial charge in [-0.25, -0.2) is 0 Å². The number of hydrogen-bond acceptors (Lipinski definition) is 1. The quantitative estimate of drug-likeness (QED) is 0.547. The summed E-state index contributed by atoms with van der Waals surface area (Å²) in [6.07, 6.45) is 4.82. The lowest BCUT2D eigenvalue weighted by atomic mass is 9.99. The Hall–Kier alpha value is -0.330. The van der Waals surface area contributed by atoms with Gasteiger partial charge in [-0.05, 0) is 18.3 Å². The van der Waals surface area contributed by atoms with Gasteiger partial charge in [0.1, 0.15) is 6.29 Å². The highest BCUT2D eigenvalue weighted by Crippen LogP contribution is 2.44. The number of rotatable bonds is 4. The molecular formula is C9H16O. The molecule has 0 unspecified atom stereocenters. The standard InChI is InChI=1S/C9H16O/c1-3-4-7(2)9-5-8(9)6-10/h6-9H,3-5H2,1-2H3/t7-,8+,9+/m0/s1. The van der Waals surface area contributed by atoms with E-state index in [2.05, 4.69) is 13.8 Å². The van der Waals surface area contributed by atoms with E-state index in [1.807, 2.05) is 0 Å². The van der Waals surface area contributed by atoms with E-state index in [4.69, 9.17) is 0 Å². The van der Waals surface area contributed by atoms with Crippen LogP contribution in [0.2, 0.25) is 0 Å². The van der Waals surface area contributed by atoms with Crippen LogP contribution < -0.4 is 0 Å². The highest BCUT2D eigenvalue weighted by Gasteiger charge is 2.39.